The van der Waals surface area contributed by atoms with E-state index in [0.717, 1.165) is 0 Å². The molecule has 0 aliphatic carbocycles. The van der Waals surface area contributed by atoms with E-state index in [1.54, 1.807) is 7.11 Å². The quantitative estimate of drug-likeness (QED) is 0.501. The third kappa shape index (κ3) is 11.7. The molecule has 0 aliphatic heterocycles. The van der Waals surface area contributed by atoms with Crippen LogP contribution >= 0.6 is 0 Å². The molecule has 92 valence electrons. The van der Waals surface area contributed by atoms with E-state index in [0.29, 0.717) is 39.6 Å². The first-order valence-corrected chi connectivity index (χ1v) is 5.18. The lowest BCUT2D eigenvalue weighted by Gasteiger charge is -2.13. The van der Waals surface area contributed by atoms with Crippen LogP contribution in [0, 0.1) is 0 Å². The topological polar surface area (TPSA) is 57.2 Å². The number of aliphatic hydroxyl groups is 1. The van der Waals surface area contributed by atoms with E-state index in [9.17, 15) is 0 Å². The number of hydrogen-bond acceptors (Lipinski definition) is 5. The van der Waals surface area contributed by atoms with Gasteiger partial charge in [-0.2, -0.15) is 0 Å². The summed E-state index contributed by atoms with van der Waals surface area (Å²) in [5.41, 5.74) is 0. The van der Waals surface area contributed by atoms with Crippen molar-refractivity contribution in [1.29, 1.82) is 0 Å². The highest BCUT2D eigenvalue weighted by atomic mass is 16.6. The molecule has 5 nitrogen and oxygen atoms in total. The van der Waals surface area contributed by atoms with Gasteiger partial charge >= 0.3 is 0 Å². The molecule has 5 heteroatoms. The second kappa shape index (κ2) is 11.9. The minimum absolute atomic E-state index is 0.0521. The summed E-state index contributed by atoms with van der Waals surface area (Å²) in [6.07, 6.45) is 0.0676. The number of hydrogen-bond donors (Lipinski definition) is 1. The van der Waals surface area contributed by atoms with Crippen LogP contribution in [0.4, 0.5) is 0 Å². The average molecular weight is 222 g/mol. The zero-order valence-corrected chi connectivity index (χ0v) is 9.61. The molecule has 0 aromatic carbocycles. The number of aliphatic hydroxyl groups excluding tert-OH is 1. The lowest BCUT2D eigenvalue weighted by Crippen LogP contribution is -2.20. The third-order valence-corrected chi connectivity index (χ3v) is 1.65. The summed E-state index contributed by atoms with van der Waals surface area (Å²) in [6.45, 7) is 5.13. The Bertz CT molecular complexity index is 120. The van der Waals surface area contributed by atoms with Crippen molar-refractivity contribution in [3.8, 4) is 0 Å². The Balaban J connectivity index is 3.06. The van der Waals surface area contributed by atoms with Crippen LogP contribution in [0.15, 0.2) is 0 Å². The van der Waals surface area contributed by atoms with Gasteiger partial charge in [-0.15, -0.1) is 0 Å². The van der Waals surface area contributed by atoms with Gasteiger partial charge < -0.3 is 24.1 Å². The standard InChI is InChI=1S/C10H22O5/c1-10(15-8-5-12-2)9-14-7-6-13-4-3-11/h10-11H,3-9H2,1-2H3. The Hall–Kier alpha value is -0.200. The zero-order valence-electron chi connectivity index (χ0n) is 9.61. The molecule has 0 saturated heterocycles. The van der Waals surface area contributed by atoms with Crippen LogP contribution in [0.3, 0.4) is 0 Å². The van der Waals surface area contributed by atoms with Gasteiger partial charge in [0.1, 0.15) is 0 Å². The monoisotopic (exact) mass is 222 g/mol. The molecule has 15 heavy (non-hydrogen) atoms. The molecule has 0 rings (SSSR count). The summed E-state index contributed by atoms with van der Waals surface area (Å²) in [7, 11) is 1.64. The van der Waals surface area contributed by atoms with Crippen molar-refractivity contribution in [2.45, 2.75) is 13.0 Å². The molecule has 0 aliphatic rings. The van der Waals surface area contributed by atoms with Crippen molar-refractivity contribution < 1.29 is 24.1 Å². The molecular weight excluding hydrogens is 200 g/mol. The van der Waals surface area contributed by atoms with Gasteiger partial charge in [0.25, 0.3) is 0 Å². The van der Waals surface area contributed by atoms with Gasteiger partial charge in [0, 0.05) is 7.11 Å². The van der Waals surface area contributed by atoms with Gasteiger partial charge in [-0.25, -0.2) is 0 Å². The highest BCUT2D eigenvalue weighted by Crippen LogP contribution is 1.92. The molecule has 0 heterocycles. The fourth-order valence-corrected chi connectivity index (χ4v) is 0.915. The van der Waals surface area contributed by atoms with E-state index in [2.05, 4.69) is 0 Å². The fourth-order valence-electron chi connectivity index (χ4n) is 0.915. The van der Waals surface area contributed by atoms with Crippen molar-refractivity contribution >= 4 is 0 Å². The molecule has 1 N–H and O–H groups in total. The van der Waals surface area contributed by atoms with Crippen molar-refractivity contribution in [3.05, 3.63) is 0 Å². The van der Waals surface area contributed by atoms with E-state index in [-0.39, 0.29) is 12.7 Å². The van der Waals surface area contributed by atoms with Crippen LogP contribution < -0.4 is 0 Å². The fraction of sp³-hybridized carbons (Fsp3) is 1.00. The van der Waals surface area contributed by atoms with Crippen LogP contribution in [0.2, 0.25) is 0 Å². The summed E-state index contributed by atoms with van der Waals surface area (Å²) >= 11 is 0. The van der Waals surface area contributed by atoms with Crippen molar-refractivity contribution in [1.82, 2.24) is 0 Å². The van der Waals surface area contributed by atoms with Crippen LogP contribution in [0.1, 0.15) is 6.92 Å². The average Bonchev–Trinajstić information content (AvgIpc) is 2.23. The van der Waals surface area contributed by atoms with Crippen LogP contribution in [-0.2, 0) is 18.9 Å². The molecule has 0 spiro atoms. The summed E-state index contributed by atoms with van der Waals surface area (Å²) in [6, 6.07) is 0. The first-order valence-electron chi connectivity index (χ1n) is 5.18. The first kappa shape index (κ1) is 14.8. The molecule has 0 amide bonds. The van der Waals surface area contributed by atoms with E-state index in [1.807, 2.05) is 6.92 Å². The smallest absolute Gasteiger partial charge is 0.0781 e. The number of rotatable bonds is 11. The molecule has 0 saturated carbocycles. The Kier molecular flexibility index (Phi) is 11.7. The van der Waals surface area contributed by atoms with E-state index < -0.39 is 0 Å². The van der Waals surface area contributed by atoms with E-state index in [4.69, 9.17) is 24.1 Å². The Morgan fingerprint density at radius 2 is 1.73 bits per heavy atom. The highest BCUT2D eigenvalue weighted by Gasteiger charge is 2.01. The van der Waals surface area contributed by atoms with Gasteiger partial charge in [-0.3, -0.25) is 0 Å². The normalized spacial score (nSPS) is 13.0. The summed E-state index contributed by atoms with van der Waals surface area (Å²) < 4.78 is 20.6. The second-order valence-electron chi connectivity index (χ2n) is 3.09. The minimum atomic E-state index is 0.0521. The predicted molar refractivity (Wildman–Crippen MR) is 56.0 cm³/mol. The van der Waals surface area contributed by atoms with E-state index in [1.165, 1.54) is 0 Å². The molecule has 0 aromatic heterocycles. The highest BCUT2D eigenvalue weighted by molar-refractivity contribution is 4.46. The van der Waals surface area contributed by atoms with Gasteiger partial charge in [0.2, 0.25) is 0 Å². The predicted octanol–water partition coefficient (Wildman–Crippen LogP) is 0.0634. The van der Waals surface area contributed by atoms with Crippen molar-refractivity contribution in [2.75, 3.05) is 53.4 Å². The Morgan fingerprint density at radius 1 is 1.00 bits per heavy atom. The second-order valence-corrected chi connectivity index (χ2v) is 3.09. The largest absolute Gasteiger partial charge is 0.394 e. The SMILES string of the molecule is COCCOC(C)COCCOCCO. The summed E-state index contributed by atoms with van der Waals surface area (Å²) in [4.78, 5) is 0. The Morgan fingerprint density at radius 3 is 2.40 bits per heavy atom. The first-order chi connectivity index (χ1) is 7.31. The maximum atomic E-state index is 8.43. The number of ether oxygens (including phenoxy) is 4. The maximum absolute atomic E-state index is 8.43. The lowest BCUT2D eigenvalue weighted by molar-refractivity contribution is -0.0371. The molecule has 0 radical (unpaired) electrons. The number of methoxy groups -OCH3 is 1. The lowest BCUT2D eigenvalue weighted by atomic mass is 10.4. The van der Waals surface area contributed by atoms with Crippen LogP contribution in [-0.4, -0.2) is 64.6 Å². The molecule has 1 atom stereocenters. The van der Waals surface area contributed by atoms with Gasteiger partial charge in [-0.1, -0.05) is 0 Å². The van der Waals surface area contributed by atoms with Crippen molar-refractivity contribution in [3.63, 3.8) is 0 Å². The summed E-state index contributed by atoms with van der Waals surface area (Å²) in [5, 5.41) is 8.43. The van der Waals surface area contributed by atoms with Crippen LogP contribution in [0.5, 0.6) is 0 Å². The zero-order chi connectivity index (χ0) is 11.4. The van der Waals surface area contributed by atoms with Gasteiger partial charge in [0.15, 0.2) is 0 Å². The van der Waals surface area contributed by atoms with Crippen molar-refractivity contribution in [2.24, 2.45) is 0 Å². The Labute approximate surface area is 91.3 Å². The summed E-state index contributed by atoms with van der Waals surface area (Å²) in [5.74, 6) is 0. The van der Waals surface area contributed by atoms with Gasteiger partial charge in [0.05, 0.1) is 52.4 Å². The van der Waals surface area contributed by atoms with Crippen LogP contribution in [0.25, 0.3) is 0 Å². The van der Waals surface area contributed by atoms with Gasteiger partial charge in [-0.05, 0) is 6.92 Å². The minimum Gasteiger partial charge on any atom is -0.394 e. The molecule has 1 unspecified atom stereocenters. The maximum Gasteiger partial charge on any atom is 0.0781 e. The molecule has 0 bridgehead atoms. The molecular formula is C10H22O5. The molecule has 0 aromatic rings. The van der Waals surface area contributed by atoms with E-state index >= 15 is 0 Å². The third-order valence-electron chi connectivity index (χ3n) is 1.65. The molecule has 0 fully saturated rings.